The van der Waals surface area contributed by atoms with E-state index in [0.717, 1.165) is 5.56 Å². The number of hydrogen-bond donors (Lipinski definition) is 3. The van der Waals surface area contributed by atoms with Crippen LogP contribution in [0.2, 0.25) is 0 Å². The standard InChI is InChI=1S/C13H13N3O3/c17-11(9-4-2-1-3-5-9)7-16-12-8-14-10(6-15-12)13(18)19/h1-6,8,11,17H,7H2,(H,15,16)(H,18,19). The second-order valence-corrected chi connectivity index (χ2v) is 3.90. The first-order valence-electron chi connectivity index (χ1n) is 5.69. The summed E-state index contributed by atoms with van der Waals surface area (Å²) in [5.74, 6) is -0.705. The molecule has 0 saturated heterocycles. The number of benzene rings is 1. The van der Waals surface area contributed by atoms with E-state index >= 15 is 0 Å². The Bertz CT molecular complexity index is 543. The van der Waals surface area contributed by atoms with Crippen LogP contribution in [0.25, 0.3) is 0 Å². The van der Waals surface area contributed by atoms with Gasteiger partial charge in [0.25, 0.3) is 0 Å². The van der Waals surface area contributed by atoms with E-state index < -0.39 is 12.1 Å². The van der Waals surface area contributed by atoms with Gasteiger partial charge < -0.3 is 15.5 Å². The molecule has 98 valence electrons. The Morgan fingerprint density at radius 2 is 1.95 bits per heavy atom. The quantitative estimate of drug-likeness (QED) is 0.749. The van der Waals surface area contributed by atoms with Crippen LogP contribution in [0.15, 0.2) is 42.7 Å². The number of carbonyl (C=O) groups is 1. The maximum Gasteiger partial charge on any atom is 0.356 e. The maximum absolute atomic E-state index is 10.6. The molecule has 3 N–H and O–H groups in total. The van der Waals surface area contributed by atoms with Gasteiger partial charge >= 0.3 is 5.97 Å². The number of aromatic carboxylic acids is 1. The zero-order chi connectivity index (χ0) is 13.7. The van der Waals surface area contributed by atoms with Crippen molar-refractivity contribution in [3.05, 3.63) is 54.0 Å². The fourth-order valence-electron chi connectivity index (χ4n) is 1.52. The Labute approximate surface area is 109 Å². The summed E-state index contributed by atoms with van der Waals surface area (Å²) in [7, 11) is 0. The van der Waals surface area contributed by atoms with Gasteiger partial charge in [-0.25, -0.2) is 14.8 Å². The molecule has 2 aromatic rings. The Morgan fingerprint density at radius 1 is 1.21 bits per heavy atom. The van der Waals surface area contributed by atoms with Crippen molar-refractivity contribution in [2.24, 2.45) is 0 Å². The molecular formula is C13H13N3O3. The molecule has 1 unspecified atom stereocenters. The van der Waals surface area contributed by atoms with Crippen LogP contribution in [-0.2, 0) is 0 Å². The van der Waals surface area contributed by atoms with E-state index in [9.17, 15) is 9.90 Å². The molecule has 1 atom stereocenters. The third-order valence-corrected chi connectivity index (χ3v) is 2.53. The molecule has 6 nitrogen and oxygen atoms in total. The summed E-state index contributed by atoms with van der Waals surface area (Å²) in [6, 6.07) is 9.22. The number of carboxylic acid groups (broad SMARTS) is 1. The Kier molecular flexibility index (Phi) is 4.04. The van der Waals surface area contributed by atoms with Crippen molar-refractivity contribution in [2.45, 2.75) is 6.10 Å². The molecule has 0 saturated carbocycles. The third-order valence-electron chi connectivity index (χ3n) is 2.53. The van der Waals surface area contributed by atoms with Crippen LogP contribution in [0.3, 0.4) is 0 Å². The number of anilines is 1. The lowest BCUT2D eigenvalue weighted by atomic mass is 10.1. The predicted molar refractivity (Wildman–Crippen MR) is 68.9 cm³/mol. The van der Waals surface area contributed by atoms with Crippen molar-refractivity contribution in [1.82, 2.24) is 9.97 Å². The van der Waals surface area contributed by atoms with Gasteiger partial charge in [0.1, 0.15) is 5.82 Å². The second kappa shape index (κ2) is 5.92. The van der Waals surface area contributed by atoms with E-state index in [1.165, 1.54) is 12.4 Å². The van der Waals surface area contributed by atoms with Crippen LogP contribution in [0.5, 0.6) is 0 Å². The van der Waals surface area contributed by atoms with Crippen LogP contribution in [0, 0.1) is 0 Å². The Hall–Kier alpha value is -2.47. The highest BCUT2D eigenvalue weighted by molar-refractivity contribution is 5.84. The molecule has 0 spiro atoms. The summed E-state index contributed by atoms with van der Waals surface area (Å²) in [6.07, 6.45) is 1.82. The first-order valence-corrected chi connectivity index (χ1v) is 5.69. The normalized spacial score (nSPS) is 11.8. The lowest BCUT2D eigenvalue weighted by Crippen LogP contribution is -2.13. The number of aliphatic hydroxyl groups is 1. The summed E-state index contributed by atoms with van der Waals surface area (Å²) >= 11 is 0. The van der Waals surface area contributed by atoms with Gasteiger partial charge in [-0.1, -0.05) is 30.3 Å². The number of nitrogens with one attached hydrogen (secondary N) is 1. The third kappa shape index (κ3) is 3.49. The molecule has 0 radical (unpaired) electrons. The Morgan fingerprint density at radius 3 is 2.53 bits per heavy atom. The van der Waals surface area contributed by atoms with Gasteiger partial charge in [-0.05, 0) is 5.56 Å². The summed E-state index contributed by atoms with van der Waals surface area (Å²) in [5.41, 5.74) is 0.680. The molecular weight excluding hydrogens is 246 g/mol. The molecule has 1 aromatic heterocycles. The van der Waals surface area contributed by atoms with Gasteiger partial charge in [0.05, 0.1) is 18.5 Å². The second-order valence-electron chi connectivity index (χ2n) is 3.90. The lowest BCUT2D eigenvalue weighted by molar-refractivity contribution is 0.0690. The Balaban J connectivity index is 1.93. The highest BCUT2D eigenvalue weighted by Crippen LogP contribution is 2.12. The van der Waals surface area contributed by atoms with Crippen molar-refractivity contribution in [1.29, 1.82) is 0 Å². The molecule has 2 rings (SSSR count). The average Bonchev–Trinajstić information content (AvgIpc) is 2.46. The van der Waals surface area contributed by atoms with Crippen molar-refractivity contribution >= 4 is 11.8 Å². The number of hydrogen-bond acceptors (Lipinski definition) is 5. The number of nitrogens with zero attached hydrogens (tertiary/aromatic N) is 2. The molecule has 0 bridgehead atoms. The van der Waals surface area contributed by atoms with E-state index in [4.69, 9.17) is 5.11 Å². The molecule has 1 heterocycles. The van der Waals surface area contributed by atoms with Gasteiger partial charge in [-0.3, -0.25) is 0 Å². The van der Waals surface area contributed by atoms with Crippen molar-refractivity contribution in [3.8, 4) is 0 Å². The minimum atomic E-state index is -1.12. The smallest absolute Gasteiger partial charge is 0.356 e. The van der Waals surface area contributed by atoms with E-state index in [1.807, 2.05) is 30.3 Å². The summed E-state index contributed by atoms with van der Waals surface area (Å²) in [5, 5.41) is 21.5. The first-order chi connectivity index (χ1) is 9.16. The van der Waals surface area contributed by atoms with Gasteiger partial charge in [0.15, 0.2) is 5.69 Å². The topological polar surface area (TPSA) is 95.3 Å². The maximum atomic E-state index is 10.6. The van der Waals surface area contributed by atoms with Crippen LogP contribution in [0.4, 0.5) is 5.82 Å². The van der Waals surface area contributed by atoms with E-state index in [2.05, 4.69) is 15.3 Å². The number of aliphatic hydroxyl groups excluding tert-OH is 1. The van der Waals surface area contributed by atoms with Gasteiger partial charge in [-0.2, -0.15) is 0 Å². The van der Waals surface area contributed by atoms with Crippen LogP contribution < -0.4 is 5.32 Å². The molecule has 0 amide bonds. The summed E-state index contributed by atoms with van der Waals surface area (Å²) in [6.45, 7) is 0.269. The minimum absolute atomic E-state index is 0.117. The van der Waals surface area contributed by atoms with Crippen molar-refractivity contribution in [2.75, 3.05) is 11.9 Å². The van der Waals surface area contributed by atoms with Crippen molar-refractivity contribution in [3.63, 3.8) is 0 Å². The molecule has 0 aliphatic rings. The highest BCUT2D eigenvalue weighted by Gasteiger charge is 2.08. The minimum Gasteiger partial charge on any atom is -0.476 e. The van der Waals surface area contributed by atoms with E-state index in [-0.39, 0.29) is 12.2 Å². The molecule has 6 heteroatoms. The van der Waals surface area contributed by atoms with Crippen LogP contribution >= 0.6 is 0 Å². The van der Waals surface area contributed by atoms with Crippen molar-refractivity contribution < 1.29 is 15.0 Å². The summed E-state index contributed by atoms with van der Waals surface area (Å²) in [4.78, 5) is 18.2. The lowest BCUT2D eigenvalue weighted by Gasteiger charge is -2.12. The average molecular weight is 259 g/mol. The van der Waals surface area contributed by atoms with Gasteiger partial charge in [0, 0.05) is 6.54 Å². The zero-order valence-corrected chi connectivity index (χ0v) is 10.0. The fraction of sp³-hybridized carbons (Fsp3) is 0.154. The number of rotatable bonds is 5. The van der Waals surface area contributed by atoms with Gasteiger partial charge in [-0.15, -0.1) is 0 Å². The molecule has 0 aliphatic carbocycles. The first kappa shape index (κ1) is 13.0. The monoisotopic (exact) mass is 259 g/mol. The van der Waals surface area contributed by atoms with Gasteiger partial charge in [0.2, 0.25) is 0 Å². The number of aromatic nitrogens is 2. The van der Waals surface area contributed by atoms with Crippen LogP contribution in [0.1, 0.15) is 22.2 Å². The van der Waals surface area contributed by atoms with E-state index in [1.54, 1.807) is 0 Å². The molecule has 0 fully saturated rings. The SMILES string of the molecule is O=C(O)c1cnc(NCC(O)c2ccccc2)cn1. The largest absolute Gasteiger partial charge is 0.476 e. The zero-order valence-electron chi connectivity index (χ0n) is 10.0. The van der Waals surface area contributed by atoms with Crippen LogP contribution in [-0.4, -0.2) is 32.7 Å². The molecule has 1 aromatic carbocycles. The fourth-order valence-corrected chi connectivity index (χ4v) is 1.52. The highest BCUT2D eigenvalue weighted by atomic mass is 16.4. The molecule has 0 aliphatic heterocycles. The molecule has 19 heavy (non-hydrogen) atoms. The predicted octanol–water partition coefficient (Wildman–Crippen LogP) is 1.32. The number of carboxylic acids is 1. The summed E-state index contributed by atoms with van der Waals surface area (Å²) < 4.78 is 0. The van der Waals surface area contributed by atoms with E-state index in [0.29, 0.717) is 5.82 Å².